The number of fused-ring (bicyclic) bond motifs is 1. The topological polar surface area (TPSA) is 41.5 Å². The SMILES string of the molecule is CNC[C@@H]1OC[C@@H](O)c2cccc(F)c21. The van der Waals surface area contributed by atoms with Crippen molar-refractivity contribution in [3.05, 3.63) is 35.1 Å². The number of hydrogen-bond donors (Lipinski definition) is 2. The third-order valence-electron chi connectivity index (χ3n) is 2.61. The fraction of sp³-hybridized carbons (Fsp3) is 0.455. The third kappa shape index (κ3) is 1.88. The van der Waals surface area contributed by atoms with E-state index >= 15 is 0 Å². The molecule has 2 atom stereocenters. The Morgan fingerprint density at radius 2 is 2.40 bits per heavy atom. The highest BCUT2D eigenvalue weighted by molar-refractivity contribution is 5.34. The summed E-state index contributed by atoms with van der Waals surface area (Å²) >= 11 is 0. The van der Waals surface area contributed by atoms with Gasteiger partial charge in [-0.3, -0.25) is 0 Å². The second-order valence-corrected chi connectivity index (χ2v) is 3.64. The predicted molar refractivity (Wildman–Crippen MR) is 54.0 cm³/mol. The van der Waals surface area contributed by atoms with Gasteiger partial charge in [-0.1, -0.05) is 12.1 Å². The first-order chi connectivity index (χ1) is 7.24. The number of aliphatic hydroxyl groups excluding tert-OH is 1. The summed E-state index contributed by atoms with van der Waals surface area (Å²) in [4.78, 5) is 0. The molecule has 0 aliphatic carbocycles. The number of likely N-dealkylation sites (N-methyl/N-ethyl adjacent to an activating group) is 1. The van der Waals surface area contributed by atoms with Crippen LogP contribution in [0.1, 0.15) is 23.3 Å². The molecule has 0 aromatic heterocycles. The summed E-state index contributed by atoms with van der Waals surface area (Å²) in [5, 5.41) is 12.6. The lowest BCUT2D eigenvalue weighted by Crippen LogP contribution is -2.28. The maximum atomic E-state index is 13.6. The summed E-state index contributed by atoms with van der Waals surface area (Å²) < 4.78 is 19.0. The number of benzene rings is 1. The first kappa shape index (κ1) is 10.5. The van der Waals surface area contributed by atoms with Gasteiger partial charge >= 0.3 is 0 Å². The molecule has 1 aromatic carbocycles. The monoisotopic (exact) mass is 211 g/mol. The summed E-state index contributed by atoms with van der Waals surface area (Å²) in [6.07, 6.45) is -1.03. The van der Waals surface area contributed by atoms with E-state index in [0.717, 1.165) is 0 Å². The number of rotatable bonds is 2. The largest absolute Gasteiger partial charge is 0.386 e. The van der Waals surface area contributed by atoms with Crippen molar-refractivity contribution < 1.29 is 14.2 Å². The molecule has 0 bridgehead atoms. The average Bonchev–Trinajstić information content (AvgIpc) is 2.23. The van der Waals surface area contributed by atoms with Crippen LogP contribution in [0.15, 0.2) is 18.2 Å². The minimum Gasteiger partial charge on any atom is -0.386 e. The van der Waals surface area contributed by atoms with Crippen LogP contribution in [0.25, 0.3) is 0 Å². The van der Waals surface area contributed by atoms with Crippen molar-refractivity contribution in [1.82, 2.24) is 5.32 Å². The fourth-order valence-electron chi connectivity index (χ4n) is 1.91. The third-order valence-corrected chi connectivity index (χ3v) is 2.61. The first-order valence-electron chi connectivity index (χ1n) is 4.96. The minimum absolute atomic E-state index is 0.225. The maximum absolute atomic E-state index is 13.6. The second-order valence-electron chi connectivity index (χ2n) is 3.64. The van der Waals surface area contributed by atoms with Crippen LogP contribution >= 0.6 is 0 Å². The van der Waals surface area contributed by atoms with Gasteiger partial charge < -0.3 is 15.2 Å². The van der Waals surface area contributed by atoms with E-state index in [1.165, 1.54) is 6.07 Å². The molecule has 82 valence electrons. The Bertz CT molecular complexity index is 356. The molecule has 0 spiro atoms. The van der Waals surface area contributed by atoms with Crippen molar-refractivity contribution in [2.24, 2.45) is 0 Å². The van der Waals surface area contributed by atoms with Crippen molar-refractivity contribution >= 4 is 0 Å². The van der Waals surface area contributed by atoms with Crippen molar-refractivity contribution in [2.75, 3.05) is 20.2 Å². The smallest absolute Gasteiger partial charge is 0.129 e. The van der Waals surface area contributed by atoms with Crippen LogP contribution in [0.5, 0.6) is 0 Å². The van der Waals surface area contributed by atoms with E-state index in [4.69, 9.17) is 4.74 Å². The minimum atomic E-state index is -0.719. The predicted octanol–water partition coefficient (Wildman–Crippen LogP) is 1.15. The Balaban J connectivity index is 2.42. The van der Waals surface area contributed by atoms with Crippen molar-refractivity contribution in [1.29, 1.82) is 0 Å². The molecule has 3 nitrogen and oxygen atoms in total. The normalized spacial score (nSPS) is 25.0. The van der Waals surface area contributed by atoms with Crippen LogP contribution in [0.4, 0.5) is 4.39 Å². The fourth-order valence-corrected chi connectivity index (χ4v) is 1.91. The second kappa shape index (κ2) is 4.26. The highest BCUT2D eigenvalue weighted by Crippen LogP contribution is 2.33. The number of nitrogens with one attached hydrogen (secondary N) is 1. The summed E-state index contributed by atoms with van der Waals surface area (Å²) in [6, 6.07) is 4.75. The molecule has 1 aliphatic heterocycles. The number of ether oxygens (including phenoxy) is 1. The molecule has 1 aliphatic rings. The molecule has 0 saturated heterocycles. The molecule has 4 heteroatoms. The number of halogens is 1. The van der Waals surface area contributed by atoms with Crippen LogP contribution in [0.3, 0.4) is 0 Å². The molecule has 2 N–H and O–H groups in total. The van der Waals surface area contributed by atoms with Gasteiger partial charge in [-0.25, -0.2) is 4.39 Å². The van der Waals surface area contributed by atoms with Gasteiger partial charge in [0, 0.05) is 12.1 Å². The zero-order chi connectivity index (χ0) is 10.8. The molecular weight excluding hydrogens is 197 g/mol. The van der Waals surface area contributed by atoms with Crippen LogP contribution < -0.4 is 5.32 Å². The lowest BCUT2D eigenvalue weighted by atomic mass is 9.95. The molecular formula is C11H14FNO2. The summed E-state index contributed by atoms with van der Waals surface area (Å²) in [6.45, 7) is 0.767. The van der Waals surface area contributed by atoms with Crippen molar-refractivity contribution in [2.45, 2.75) is 12.2 Å². The molecule has 0 fully saturated rings. The van der Waals surface area contributed by atoms with E-state index < -0.39 is 6.10 Å². The zero-order valence-electron chi connectivity index (χ0n) is 8.53. The molecule has 0 amide bonds. The van der Waals surface area contributed by atoms with Gasteiger partial charge in [0.15, 0.2) is 0 Å². The van der Waals surface area contributed by atoms with E-state index in [0.29, 0.717) is 17.7 Å². The van der Waals surface area contributed by atoms with Gasteiger partial charge in [0.2, 0.25) is 0 Å². The quantitative estimate of drug-likeness (QED) is 0.771. The standard InChI is InChI=1S/C11H14FNO2/c1-13-5-10-11-7(9(14)6-15-10)3-2-4-8(11)12/h2-4,9-10,13-14H,5-6H2,1H3/t9-,10+/m1/s1. The van der Waals surface area contributed by atoms with Crippen LogP contribution in [0, 0.1) is 5.82 Å². The summed E-state index contributed by atoms with van der Waals surface area (Å²) in [5.74, 6) is -0.313. The molecule has 1 heterocycles. The Morgan fingerprint density at radius 1 is 1.60 bits per heavy atom. The van der Waals surface area contributed by atoms with Crippen molar-refractivity contribution in [3.63, 3.8) is 0 Å². The highest BCUT2D eigenvalue weighted by atomic mass is 19.1. The van der Waals surface area contributed by atoms with E-state index in [-0.39, 0.29) is 18.5 Å². The van der Waals surface area contributed by atoms with Crippen LogP contribution in [-0.4, -0.2) is 25.3 Å². The van der Waals surface area contributed by atoms with Gasteiger partial charge in [0.05, 0.1) is 12.7 Å². The van der Waals surface area contributed by atoms with Gasteiger partial charge in [0.25, 0.3) is 0 Å². The Hall–Kier alpha value is -0.970. The average molecular weight is 211 g/mol. The van der Waals surface area contributed by atoms with E-state index in [1.807, 2.05) is 0 Å². The Labute approximate surface area is 87.9 Å². The Morgan fingerprint density at radius 3 is 3.13 bits per heavy atom. The molecule has 2 rings (SSSR count). The number of aliphatic hydroxyl groups is 1. The van der Waals surface area contributed by atoms with Crippen LogP contribution in [0.2, 0.25) is 0 Å². The molecule has 0 unspecified atom stereocenters. The van der Waals surface area contributed by atoms with Crippen molar-refractivity contribution in [3.8, 4) is 0 Å². The molecule has 0 saturated carbocycles. The van der Waals surface area contributed by atoms with Gasteiger partial charge in [-0.05, 0) is 18.7 Å². The highest BCUT2D eigenvalue weighted by Gasteiger charge is 2.28. The van der Waals surface area contributed by atoms with E-state index in [2.05, 4.69) is 5.32 Å². The number of hydrogen-bond acceptors (Lipinski definition) is 3. The van der Waals surface area contributed by atoms with E-state index in [9.17, 15) is 9.50 Å². The molecule has 0 radical (unpaired) electrons. The van der Waals surface area contributed by atoms with Crippen LogP contribution in [-0.2, 0) is 4.74 Å². The summed E-state index contributed by atoms with van der Waals surface area (Å²) in [5.41, 5.74) is 1.12. The lowest BCUT2D eigenvalue weighted by molar-refractivity contribution is -0.0308. The first-order valence-corrected chi connectivity index (χ1v) is 4.96. The molecule has 1 aromatic rings. The van der Waals surface area contributed by atoms with Gasteiger partial charge in [-0.2, -0.15) is 0 Å². The maximum Gasteiger partial charge on any atom is 0.129 e. The Kier molecular flexibility index (Phi) is 3.00. The van der Waals surface area contributed by atoms with Gasteiger partial charge in [-0.15, -0.1) is 0 Å². The van der Waals surface area contributed by atoms with E-state index in [1.54, 1.807) is 19.2 Å². The van der Waals surface area contributed by atoms with Gasteiger partial charge in [0.1, 0.15) is 11.9 Å². The zero-order valence-corrected chi connectivity index (χ0v) is 8.53. The molecule has 15 heavy (non-hydrogen) atoms. The lowest BCUT2D eigenvalue weighted by Gasteiger charge is -2.29. The summed E-state index contributed by atoms with van der Waals surface area (Å²) in [7, 11) is 1.79.